The Morgan fingerprint density at radius 3 is 2.52 bits per heavy atom. The van der Waals surface area contributed by atoms with E-state index in [1.807, 2.05) is 6.92 Å². The highest BCUT2D eigenvalue weighted by atomic mass is 35.5. The maximum atomic E-state index is 13.0. The summed E-state index contributed by atoms with van der Waals surface area (Å²) < 4.78 is 40.0. The molecule has 2 aromatic carbocycles. The van der Waals surface area contributed by atoms with E-state index in [4.69, 9.17) is 23.2 Å². The second-order valence-electron chi connectivity index (χ2n) is 6.60. The molecule has 0 spiro atoms. The molecule has 1 aromatic heterocycles. The summed E-state index contributed by atoms with van der Waals surface area (Å²) in [6.07, 6.45) is -4.10. The van der Waals surface area contributed by atoms with E-state index in [2.05, 4.69) is 10.3 Å². The van der Waals surface area contributed by atoms with Crippen LogP contribution >= 0.6 is 23.2 Å². The molecule has 0 saturated heterocycles. The number of hydrogen-bond acceptors (Lipinski definition) is 3. The Hall–Kier alpha value is -2.84. The molecule has 0 aliphatic heterocycles. The van der Waals surface area contributed by atoms with Crippen LogP contribution in [0.15, 0.2) is 53.3 Å². The van der Waals surface area contributed by atoms with Gasteiger partial charge in [-0.15, -0.1) is 0 Å². The van der Waals surface area contributed by atoms with Gasteiger partial charge in [0.05, 0.1) is 16.3 Å². The molecule has 0 aliphatic rings. The number of amides is 1. The number of halogens is 5. The van der Waals surface area contributed by atoms with Crippen molar-refractivity contribution in [3.63, 3.8) is 0 Å². The van der Waals surface area contributed by atoms with E-state index in [0.717, 1.165) is 22.8 Å². The number of alkyl halides is 3. The molecule has 1 amide bonds. The molecule has 0 unspecified atom stereocenters. The molecule has 10 heteroatoms. The Bertz CT molecular complexity index is 1190. The van der Waals surface area contributed by atoms with Crippen LogP contribution in [0.2, 0.25) is 10.0 Å². The van der Waals surface area contributed by atoms with Crippen LogP contribution in [0.3, 0.4) is 0 Å². The first kappa shape index (κ1) is 22.8. The van der Waals surface area contributed by atoms with Gasteiger partial charge in [-0.3, -0.25) is 14.2 Å². The van der Waals surface area contributed by atoms with Crippen LogP contribution in [-0.4, -0.2) is 15.5 Å². The third kappa shape index (κ3) is 5.45. The molecule has 0 atom stereocenters. The summed E-state index contributed by atoms with van der Waals surface area (Å²) in [5, 5.41) is 2.68. The molecule has 1 heterocycles. The Kier molecular flexibility index (Phi) is 6.71. The van der Waals surface area contributed by atoms with Crippen LogP contribution < -0.4 is 10.9 Å². The third-order valence-corrected chi connectivity index (χ3v) is 4.94. The average Bonchev–Trinajstić information content (AvgIpc) is 2.70. The van der Waals surface area contributed by atoms with Crippen LogP contribution in [0.25, 0.3) is 11.4 Å². The number of aryl methyl sites for hydroxylation is 1. The van der Waals surface area contributed by atoms with Gasteiger partial charge in [0, 0.05) is 22.3 Å². The lowest BCUT2D eigenvalue weighted by Crippen LogP contribution is -2.30. The summed E-state index contributed by atoms with van der Waals surface area (Å²) in [5.41, 5.74) is -0.607. The van der Waals surface area contributed by atoms with Crippen molar-refractivity contribution in [3.8, 4) is 11.4 Å². The van der Waals surface area contributed by atoms with Crippen LogP contribution in [0.1, 0.15) is 18.2 Å². The van der Waals surface area contributed by atoms with Crippen LogP contribution in [0.4, 0.5) is 18.9 Å². The average molecular weight is 470 g/mol. The van der Waals surface area contributed by atoms with E-state index in [0.29, 0.717) is 22.7 Å². The number of benzene rings is 2. The minimum atomic E-state index is -4.60. The van der Waals surface area contributed by atoms with Gasteiger partial charge in [0.15, 0.2) is 0 Å². The van der Waals surface area contributed by atoms with Crippen molar-refractivity contribution in [1.29, 1.82) is 0 Å². The van der Waals surface area contributed by atoms with Gasteiger partial charge >= 0.3 is 6.18 Å². The smallest absolute Gasteiger partial charge is 0.323 e. The van der Waals surface area contributed by atoms with E-state index in [-0.39, 0.29) is 16.5 Å². The zero-order chi connectivity index (χ0) is 22.8. The Balaban J connectivity index is 1.96. The van der Waals surface area contributed by atoms with Gasteiger partial charge in [0.25, 0.3) is 5.56 Å². The summed E-state index contributed by atoms with van der Waals surface area (Å²) in [6.45, 7) is 1.35. The summed E-state index contributed by atoms with van der Waals surface area (Å²) in [5.74, 6) is -0.519. The van der Waals surface area contributed by atoms with Crippen LogP contribution in [0, 0.1) is 0 Å². The molecule has 1 N–H and O–H groups in total. The predicted octanol–water partition coefficient (Wildman–Crippen LogP) is 5.44. The van der Waals surface area contributed by atoms with Gasteiger partial charge in [-0.25, -0.2) is 4.98 Å². The van der Waals surface area contributed by atoms with E-state index >= 15 is 0 Å². The molecular formula is C21H16Cl2F3N3O2. The largest absolute Gasteiger partial charge is 0.416 e. The first-order valence-corrected chi connectivity index (χ1v) is 9.87. The Labute approximate surface area is 185 Å². The van der Waals surface area contributed by atoms with Gasteiger partial charge in [-0.2, -0.15) is 13.2 Å². The molecule has 0 aliphatic carbocycles. The SMILES string of the molecule is CCc1cc(=O)n(CC(=O)Nc2cc(C(F)(F)F)ccc2Cl)c(-c2cccc(Cl)c2)n1. The van der Waals surface area contributed by atoms with Gasteiger partial charge in [0.2, 0.25) is 5.91 Å². The van der Waals surface area contributed by atoms with Crippen molar-refractivity contribution >= 4 is 34.8 Å². The number of aromatic nitrogens is 2. The second kappa shape index (κ2) is 9.11. The van der Waals surface area contributed by atoms with Crippen molar-refractivity contribution in [2.75, 3.05) is 5.32 Å². The number of nitrogens with one attached hydrogen (secondary N) is 1. The number of anilines is 1. The summed E-state index contributed by atoms with van der Waals surface area (Å²) in [6, 6.07) is 10.5. The molecule has 3 aromatic rings. The molecule has 162 valence electrons. The predicted molar refractivity (Wildman–Crippen MR) is 113 cm³/mol. The molecular weight excluding hydrogens is 454 g/mol. The zero-order valence-corrected chi connectivity index (χ0v) is 17.6. The van der Waals surface area contributed by atoms with Crippen molar-refractivity contribution in [2.24, 2.45) is 0 Å². The lowest BCUT2D eigenvalue weighted by atomic mass is 10.2. The molecule has 3 rings (SSSR count). The number of carbonyl (C=O) groups excluding carboxylic acids is 1. The van der Waals surface area contributed by atoms with Gasteiger partial charge in [0.1, 0.15) is 12.4 Å². The highest BCUT2D eigenvalue weighted by molar-refractivity contribution is 6.33. The third-order valence-electron chi connectivity index (χ3n) is 4.38. The van der Waals surface area contributed by atoms with Crippen molar-refractivity contribution in [1.82, 2.24) is 9.55 Å². The molecule has 0 saturated carbocycles. The number of nitrogens with zero attached hydrogens (tertiary/aromatic N) is 2. The quantitative estimate of drug-likeness (QED) is 0.541. The highest BCUT2D eigenvalue weighted by Crippen LogP contribution is 2.33. The first-order valence-electron chi connectivity index (χ1n) is 9.11. The minimum Gasteiger partial charge on any atom is -0.323 e. The van der Waals surface area contributed by atoms with Gasteiger partial charge in [-0.05, 0) is 36.8 Å². The number of hydrogen-bond donors (Lipinski definition) is 1. The lowest BCUT2D eigenvalue weighted by Gasteiger charge is -2.15. The van der Waals surface area contributed by atoms with Crippen LogP contribution in [0.5, 0.6) is 0 Å². The van der Waals surface area contributed by atoms with E-state index in [1.165, 1.54) is 6.07 Å². The summed E-state index contributed by atoms with van der Waals surface area (Å²) in [7, 11) is 0. The maximum Gasteiger partial charge on any atom is 0.416 e. The second-order valence-corrected chi connectivity index (χ2v) is 7.44. The maximum absolute atomic E-state index is 13.0. The Morgan fingerprint density at radius 2 is 1.87 bits per heavy atom. The zero-order valence-electron chi connectivity index (χ0n) is 16.1. The van der Waals surface area contributed by atoms with E-state index < -0.39 is 29.8 Å². The summed E-state index contributed by atoms with van der Waals surface area (Å²) >= 11 is 12.0. The highest BCUT2D eigenvalue weighted by Gasteiger charge is 2.31. The fraction of sp³-hybridized carbons (Fsp3) is 0.190. The van der Waals surface area contributed by atoms with Gasteiger partial charge in [-0.1, -0.05) is 42.3 Å². The summed E-state index contributed by atoms with van der Waals surface area (Å²) in [4.78, 5) is 29.7. The molecule has 0 radical (unpaired) electrons. The van der Waals surface area contributed by atoms with Crippen molar-refractivity contribution in [2.45, 2.75) is 26.1 Å². The van der Waals surface area contributed by atoms with E-state index in [1.54, 1.807) is 24.3 Å². The standard InChI is InChI=1S/C21H16Cl2F3N3O2/c1-2-15-10-19(31)29(20(27-15)12-4-3-5-14(22)8-12)11-18(30)28-17-9-13(21(24,25)26)6-7-16(17)23/h3-10H,2,11H2,1H3,(H,28,30). The fourth-order valence-electron chi connectivity index (χ4n) is 2.87. The number of carbonyl (C=O) groups is 1. The molecule has 0 fully saturated rings. The normalized spacial score (nSPS) is 11.4. The van der Waals surface area contributed by atoms with Crippen molar-refractivity contribution in [3.05, 3.63) is 80.2 Å². The van der Waals surface area contributed by atoms with E-state index in [9.17, 15) is 22.8 Å². The topological polar surface area (TPSA) is 64.0 Å². The van der Waals surface area contributed by atoms with Gasteiger partial charge < -0.3 is 5.32 Å². The monoisotopic (exact) mass is 469 g/mol. The van der Waals surface area contributed by atoms with Crippen LogP contribution in [-0.2, 0) is 23.9 Å². The molecule has 5 nitrogen and oxygen atoms in total. The first-order chi connectivity index (χ1) is 14.6. The molecule has 0 bridgehead atoms. The van der Waals surface area contributed by atoms with Crippen molar-refractivity contribution < 1.29 is 18.0 Å². The number of rotatable bonds is 5. The Morgan fingerprint density at radius 1 is 1.13 bits per heavy atom. The fourth-order valence-corrected chi connectivity index (χ4v) is 3.22. The lowest BCUT2D eigenvalue weighted by molar-refractivity contribution is -0.137. The molecule has 31 heavy (non-hydrogen) atoms. The minimum absolute atomic E-state index is 0.0665.